The Morgan fingerprint density at radius 1 is 1.33 bits per heavy atom. The summed E-state index contributed by atoms with van der Waals surface area (Å²) in [5.41, 5.74) is -0.966. The zero-order valence-electron chi connectivity index (χ0n) is 12.4. The second-order valence-corrected chi connectivity index (χ2v) is 4.63. The Labute approximate surface area is 160 Å². The topological polar surface area (TPSA) is 53.3 Å². The van der Waals surface area contributed by atoms with E-state index >= 15 is 0 Å². The second-order valence-electron chi connectivity index (χ2n) is 4.63. The van der Waals surface area contributed by atoms with E-state index in [0.717, 1.165) is 12.1 Å². The van der Waals surface area contributed by atoms with E-state index in [2.05, 4.69) is 6.08 Å². The Balaban J connectivity index is 0.00000288. The van der Waals surface area contributed by atoms with Crippen LogP contribution in [0.5, 0.6) is 5.75 Å². The van der Waals surface area contributed by atoms with Crippen molar-refractivity contribution in [2.24, 2.45) is 0 Å². The van der Waals surface area contributed by atoms with Gasteiger partial charge in [0.2, 0.25) is 5.91 Å². The summed E-state index contributed by atoms with van der Waals surface area (Å²) in [6.45, 7) is -1.37. The van der Waals surface area contributed by atoms with Gasteiger partial charge < -0.3 is 9.64 Å². The Morgan fingerprint density at radius 3 is 2.50 bits per heavy atom. The van der Waals surface area contributed by atoms with E-state index in [4.69, 9.17) is 10.00 Å². The van der Waals surface area contributed by atoms with Crippen molar-refractivity contribution in [2.75, 3.05) is 13.2 Å². The number of carbonyl (C=O) groups excluding carboxylic acids is 1. The molecule has 1 aromatic carbocycles. The number of alkyl halides is 2. The van der Waals surface area contributed by atoms with Crippen molar-refractivity contribution in [1.82, 2.24) is 4.90 Å². The van der Waals surface area contributed by atoms with Gasteiger partial charge in [0.15, 0.2) is 6.61 Å². The van der Waals surface area contributed by atoms with Crippen LogP contribution in [0.25, 0.3) is 5.70 Å². The number of rotatable bonds is 5. The normalized spacial score (nSPS) is 14.1. The van der Waals surface area contributed by atoms with Gasteiger partial charge >= 0.3 is 0 Å². The molecule has 2 rings (SSSR count). The van der Waals surface area contributed by atoms with Gasteiger partial charge in [-0.25, -0.2) is 23.6 Å². The van der Waals surface area contributed by atoms with Gasteiger partial charge in [0.05, 0.1) is 18.2 Å². The van der Waals surface area contributed by atoms with E-state index in [9.17, 15) is 22.4 Å². The van der Waals surface area contributed by atoms with E-state index in [1.807, 2.05) is 0 Å². The number of benzene rings is 1. The summed E-state index contributed by atoms with van der Waals surface area (Å²) in [5.74, 6) is -3.04. The maximum atomic E-state index is 14.2. The zero-order chi connectivity index (χ0) is 17.0. The first-order valence-electron chi connectivity index (χ1n) is 6.62. The van der Waals surface area contributed by atoms with Crippen molar-refractivity contribution in [2.45, 2.75) is 19.3 Å². The summed E-state index contributed by atoms with van der Waals surface area (Å²) in [4.78, 5) is 12.4. The average molecular weight is 416 g/mol. The van der Waals surface area contributed by atoms with Crippen molar-refractivity contribution in [3.63, 3.8) is 0 Å². The summed E-state index contributed by atoms with van der Waals surface area (Å²) in [5, 5.41) is 8.38. The van der Waals surface area contributed by atoms with Gasteiger partial charge in [0, 0.05) is 39.1 Å². The van der Waals surface area contributed by atoms with E-state index in [1.165, 1.54) is 0 Å². The first-order chi connectivity index (χ1) is 10.9. The number of nitrogens with zero attached hydrogens (tertiary/aromatic N) is 2. The van der Waals surface area contributed by atoms with Crippen LogP contribution in [-0.2, 0) is 37.5 Å². The summed E-state index contributed by atoms with van der Waals surface area (Å²) in [7, 11) is 0. The molecule has 9 heteroatoms. The third-order valence-electron chi connectivity index (χ3n) is 3.08. The molecule has 0 aliphatic carbocycles. The number of nitriles is 1. The number of amides is 1. The van der Waals surface area contributed by atoms with Crippen LogP contribution in [0, 0.1) is 29.0 Å². The number of hydrogen-bond acceptors (Lipinski definition) is 3. The molecule has 0 spiro atoms. The number of carbonyl (C=O) groups is 1. The van der Waals surface area contributed by atoms with Crippen LogP contribution in [0.2, 0.25) is 0 Å². The van der Waals surface area contributed by atoms with Gasteiger partial charge in [-0.15, -0.1) is 12.1 Å². The molecule has 0 N–H and O–H groups in total. The fourth-order valence-electron chi connectivity index (χ4n) is 2.17. The molecule has 1 aromatic rings. The Hall–Kier alpha value is -1.46. The molecule has 0 fully saturated rings. The van der Waals surface area contributed by atoms with Crippen molar-refractivity contribution < 1.29 is 59.8 Å². The maximum Gasteiger partial charge on any atom is 0.256 e. The molecule has 0 unspecified atom stereocenters. The molecule has 125 valence electrons. The van der Waals surface area contributed by atoms with E-state index in [0.29, 0.717) is 4.90 Å². The molecule has 0 saturated carbocycles. The van der Waals surface area contributed by atoms with Gasteiger partial charge in [0.1, 0.15) is 11.8 Å². The minimum absolute atomic E-state index is 0. The minimum atomic E-state index is -2.85. The maximum absolute atomic E-state index is 14.2. The fraction of sp³-hybridized carbons (Fsp3) is 0.333. The van der Waals surface area contributed by atoms with E-state index < -0.39 is 42.7 Å². The molecule has 24 heavy (non-hydrogen) atoms. The zero-order valence-corrected chi connectivity index (χ0v) is 15.2. The Morgan fingerprint density at radius 2 is 1.96 bits per heavy atom. The van der Waals surface area contributed by atoms with Crippen molar-refractivity contribution in [1.29, 1.82) is 5.26 Å². The van der Waals surface area contributed by atoms with Crippen molar-refractivity contribution >= 4 is 11.6 Å². The van der Waals surface area contributed by atoms with Crippen LogP contribution < -0.4 is 4.74 Å². The third kappa shape index (κ3) is 4.77. The summed E-state index contributed by atoms with van der Waals surface area (Å²) in [6.07, 6.45) is -0.238. The standard InChI is InChI=1S/C15H11F4N2O2.Y/c16-10-6-9(23-5-4-20)7-11(17)15(10)12-2-1-3-14(22)21(12)8-13(18)19;/h6-7,13H,1,3,5,8H2;/q-1;. The van der Waals surface area contributed by atoms with Gasteiger partial charge in [-0.3, -0.25) is 4.79 Å². The molecule has 1 heterocycles. The molecule has 0 bridgehead atoms. The molecular weight excluding hydrogens is 405 g/mol. The molecule has 1 aliphatic rings. The van der Waals surface area contributed by atoms with Gasteiger partial charge in [-0.05, 0) is 12.1 Å². The van der Waals surface area contributed by atoms with Gasteiger partial charge in [-0.1, -0.05) is 5.56 Å². The number of halogens is 4. The largest absolute Gasteiger partial charge is 0.479 e. The smallest absolute Gasteiger partial charge is 0.256 e. The summed E-state index contributed by atoms with van der Waals surface area (Å²) < 4.78 is 58.4. The average Bonchev–Trinajstić information content (AvgIpc) is 2.47. The molecule has 4 nitrogen and oxygen atoms in total. The van der Waals surface area contributed by atoms with E-state index in [1.54, 1.807) is 6.07 Å². The predicted octanol–water partition coefficient (Wildman–Crippen LogP) is 2.90. The first kappa shape index (κ1) is 20.6. The Bertz CT molecular complexity index is 666. The molecule has 0 saturated heterocycles. The summed E-state index contributed by atoms with van der Waals surface area (Å²) >= 11 is 0. The van der Waals surface area contributed by atoms with Crippen LogP contribution in [-0.4, -0.2) is 30.4 Å². The predicted molar refractivity (Wildman–Crippen MR) is 71.1 cm³/mol. The van der Waals surface area contributed by atoms with Crippen molar-refractivity contribution in [3.05, 3.63) is 35.4 Å². The molecule has 1 amide bonds. The monoisotopic (exact) mass is 416 g/mol. The molecule has 0 atom stereocenters. The van der Waals surface area contributed by atoms with Crippen LogP contribution >= 0.6 is 0 Å². The molecule has 0 aromatic heterocycles. The number of hydrogen-bond donors (Lipinski definition) is 0. The summed E-state index contributed by atoms with van der Waals surface area (Å²) in [6, 6.07) is 3.29. The van der Waals surface area contributed by atoms with Crippen LogP contribution in [0.3, 0.4) is 0 Å². The van der Waals surface area contributed by atoms with E-state index in [-0.39, 0.29) is 57.0 Å². The SMILES string of the molecule is N#CCOc1cc(F)c(C2=[C-]CCC(=O)N2CC(F)F)c(F)c1.[Y]. The fourth-order valence-corrected chi connectivity index (χ4v) is 2.17. The molecule has 1 radical (unpaired) electrons. The van der Waals surface area contributed by atoms with Gasteiger partial charge in [-0.2, -0.15) is 5.26 Å². The number of allylic oxidation sites excluding steroid dienone is 1. The quantitative estimate of drug-likeness (QED) is 0.548. The van der Waals surface area contributed by atoms with Crippen molar-refractivity contribution in [3.8, 4) is 11.8 Å². The first-order valence-corrected chi connectivity index (χ1v) is 6.62. The van der Waals surface area contributed by atoms with Gasteiger partial charge in [0.25, 0.3) is 6.43 Å². The van der Waals surface area contributed by atoms with Crippen LogP contribution in [0.1, 0.15) is 18.4 Å². The number of ether oxygens (including phenoxy) is 1. The van der Waals surface area contributed by atoms with Crippen LogP contribution in [0.4, 0.5) is 17.6 Å². The third-order valence-corrected chi connectivity index (χ3v) is 3.08. The Kier molecular flexibility index (Phi) is 7.84. The van der Waals surface area contributed by atoms with Crippen LogP contribution in [0.15, 0.2) is 12.1 Å². The second kappa shape index (κ2) is 9.14. The molecular formula is C15H11F4N2O2Y-. The minimum Gasteiger partial charge on any atom is -0.479 e. The molecule has 1 aliphatic heterocycles.